The quantitative estimate of drug-likeness (QED) is 0.508. The molecule has 0 saturated heterocycles. The van der Waals surface area contributed by atoms with Gasteiger partial charge in [0.25, 0.3) is 0 Å². The van der Waals surface area contributed by atoms with E-state index in [-0.39, 0.29) is 6.42 Å². The molecule has 0 fully saturated rings. The number of hydrogen-bond acceptors (Lipinski definition) is 2. The maximum absolute atomic E-state index is 10.2. The predicted octanol–water partition coefficient (Wildman–Crippen LogP) is 3.29. The first kappa shape index (κ1) is 15.5. The van der Waals surface area contributed by atoms with Gasteiger partial charge >= 0.3 is 0 Å². The molecule has 0 aliphatic heterocycles. The van der Waals surface area contributed by atoms with E-state index in [2.05, 4.69) is 13.8 Å². The Morgan fingerprint density at radius 3 is 1.75 bits per heavy atom. The number of hydrogen-bond donors (Lipinski definition) is 0. The molecular weight excluding hydrogens is 200 g/mol. The van der Waals surface area contributed by atoms with Crippen LogP contribution >= 0.6 is 0 Å². The van der Waals surface area contributed by atoms with Crippen LogP contribution in [0.4, 0.5) is 0 Å². The van der Waals surface area contributed by atoms with Gasteiger partial charge in [-0.05, 0) is 18.8 Å². The van der Waals surface area contributed by atoms with E-state index < -0.39 is 5.97 Å². The summed E-state index contributed by atoms with van der Waals surface area (Å²) in [5, 5.41) is 10.2. The lowest BCUT2D eigenvalue weighted by molar-refractivity contribution is -0.305. The third kappa shape index (κ3) is 13.5. The van der Waals surface area contributed by atoms with Gasteiger partial charge in [0.15, 0.2) is 0 Å². The van der Waals surface area contributed by atoms with Crippen LogP contribution in [0.5, 0.6) is 0 Å². The predicted molar refractivity (Wildman–Crippen MR) is 66.0 cm³/mol. The van der Waals surface area contributed by atoms with Gasteiger partial charge in [0.1, 0.15) is 0 Å². The molecule has 0 aromatic carbocycles. The van der Waals surface area contributed by atoms with Crippen LogP contribution in [-0.2, 0) is 4.79 Å². The minimum Gasteiger partial charge on any atom is -0.550 e. The molecule has 0 aromatic rings. The standard InChI is InChI=1S/C14H28O2/c1-13(2)11-9-7-5-3-4-6-8-10-12-14(15)16/h13H,3-12H2,1-2H3,(H,15,16)/p-1. The molecule has 0 bridgehead atoms. The van der Waals surface area contributed by atoms with Crippen LogP contribution in [0.1, 0.15) is 78.1 Å². The van der Waals surface area contributed by atoms with Gasteiger partial charge < -0.3 is 9.90 Å². The van der Waals surface area contributed by atoms with Gasteiger partial charge in [0, 0.05) is 5.97 Å². The number of carbonyl (C=O) groups is 1. The smallest absolute Gasteiger partial charge is 0.0414 e. The summed E-state index contributed by atoms with van der Waals surface area (Å²) in [4.78, 5) is 10.2. The van der Waals surface area contributed by atoms with E-state index in [1.54, 1.807) is 0 Å². The number of unbranched alkanes of at least 4 members (excludes halogenated alkanes) is 7. The van der Waals surface area contributed by atoms with E-state index >= 15 is 0 Å². The highest BCUT2D eigenvalue weighted by Gasteiger charge is 1.95. The normalized spacial score (nSPS) is 10.9. The van der Waals surface area contributed by atoms with Gasteiger partial charge in [-0.25, -0.2) is 0 Å². The van der Waals surface area contributed by atoms with Crippen LogP contribution in [0.2, 0.25) is 0 Å². The van der Waals surface area contributed by atoms with Crippen molar-refractivity contribution in [2.45, 2.75) is 78.1 Å². The van der Waals surface area contributed by atoms with E-state index in [0.717, 1.165) is 18.8 Å². The van der Waals surface area contributed by atoms with Gasteiger partial charge in [-0.15, -0.1) is 0 Å². The molecule has 96 valence electrons. The number of carbonyl (C=O) groups excluding carboxylic acids is 1. The largest absolute Gasteiger partial charge is 0.550 e. The first-order valence-corrected chi connectivity index (χ1v) is 6.82. The second-order valence-electron chi connectivity index (χ2n) is 5.13. The van der Waals surface area contributed by atoms with Crippen molar-refractivity contribution in [2.75, 3.05) is 0 Å². The average molecular weight is 227 g/mol. The van der Waals surface area contributed by atoms with Crippen molar-refractivity contribution in [3.63, 3.8) is 0 Å². The average Bonchev–Trinajstić information content (AvgIpc) is 2.20. The van der Waals surface area contributed by atoms with E-state index in [1.807, 2.05) is 0 Å². The molecule has 0 saturated carbocycles. The molecular formula is C14H27O2-. The Bertz CT molecular complexity index is 164. The summed E-state index contributed by atoms with van der Waals surface area (Å²) in [6.45, 7) is 4.55. The van der Waals surface area contributed by atoms with Crippen molar-refractivity contribution in [1.82, 2.24) is 0 Å². The van der Waals surface area contributed by atoms with Gasteiger partial charge in [0.05, 0.1) is 0 Å². The number of carboxylic acid groups (broad SMARTS) is 1. The molecule has 0 N–H and O–H groups in total. The Kier molecular flexibility index (Phi) is 10.6. The second kappa shape index (κ2) is 11.0. The van der Waals surface area contributed by atoms with Crippen LogP contribution in [-0.4, -0.2) is 5.97 Å². The highest BCUT2D eigenvalue weighted by Crippen LogP contribution is 2.12. The SMILES string of the molecule is CC(C)CCCCCCCCCCC(=O)[O-]. The fourth-order valence-electron chi connectivity index (χ4n) is 1.88. The fraction of sp³-hybridized carbons (Fsp3) is 0.929. The number of carboxylic acids is 1. The van der Waals surface area contributed by atoms with Gasteiger partial charge in [0.2, 0.25) is 0 Å². The second-order valence-corrected chi connectivity index (χ2v) is 5.13. The molecule has 0 aliphatic carbocycles. The van der Waals surface area contributed by atoms with E-state index in [0.29, 0.717) is 0 Å². The van der Waals surface area contributed by atoms with E-state index in [4.69, 9.17) is 0 Å². The minimum absolute atomic E-state index is 0.231. The Balaban J connectivity index is 2.96. The third-order valence-corrected chi connectivity index (χ3v) is 2.91. The number of rotatable bonds is 11. The maximum atomic E-state index is 10.2. The molecule has 0 aromatic heterocycles. The number of aliphatic carboxylic acids is 1. The molecule has 2 nitrogen and oxygen atoms in total. The topological polar surface area (TPSA) is 40.1 Å². The Morgan fingerprint density at radius 2 is 1.31 bits per heavy atom. The van der Waals surface area contributed by atoms with Gasteiger partial charge in [-0.1, -0.05) is 65.2 Å². The Hall–Kier alpha value is -0.530. The lowest BCUT2D eigenvalue weighted by Crippen LogP contribution is -2.21. The minimum atomic E-state index is -0.909. The summed E-state index contributed by atoms with van der Waals surface area (Å²) in [5.74, 6) is -0.0710. The Labute approximate surface area is 100 Å². The zero-order valence-electron chi connectivity index (χ0n) is 11.0. The van der Waals surface area contributed by atoms with Crippen molar-refractivity contribution >= 4 is 5.97 Å². The van der Waals surface area contributed by atoms with Crippen molar-refractivity contribution < 1.29 is 9.90 Å². The van der Waals surface area contributed by atoms with Crippen molar-refractivity contribution in [3.8, 4) is 0 Å². The molecule has 2 heteroatoms. The van der Waals surface area contributed by atoms with Crippen LogP contribution in [0.15, 0.2) is 0 Å². The highest BCUT2D eigenvalue weighted by atomic mass is 16.4. The molecule has 0 amide bonds. The van der Waals surface area contributed by atoms with Crippen LogP contribution in [0.3, 0.4) is 0 Å². The van der Waals surface area contributed by atoms with Crippen LogP contribution < -0.4 is 5.11 Å². The monoisotopic (exact) mass is 227 g/mol. The summed E-state index contributed by atoms with van der Waals surface area (Å²) in [5.41, 5.74) is 0. The molecule has 16 heavy (non-hydrogen) atoms. The van der Waals surface area contributed by atoms with Crippen molar-refractivity contribution in [3.05, 3.63) is 0 Å². The lowest BCUT2D eigenvalue weighted by Gasteiger charge is -2.04. The summed E-state index contributed by atoms with van der Waals surface area (Å²) < 4.78 is 0. The van der Waals surface area contributed by atoms with Gasteiger partial charge in [-0.2, -0.15) is 0 Å². The summed E-state index contributed by atoms with van der Waals surface area (Å²) >= 11 is 0. The molecule has 0 rings (SSSR count). The molecule has 0 aliphatic rings. The van der Waals surface area contributed by atoms with Crippen molar-refractivity contribution in [1.29, 1.82) is 0 Å². The molecule has 0 unspecified atom stereocenters. The Morgan fingerprint density at radius 1 is 0.875 bits per heavy atom. The van der Waals surface area contributed by atoms with E-state index in [1.165, 1.54) is 44.9 Å². The molecule has 0 heterocycles. The molecule has 0 radical (unpaired) electrons. The zero-order valence-corrected chi connectivity index (χ0v) is 11.0. The third-order valence-electron chi connectivity index (χ3n) is 2.91. The first-order chi connectivity index (χ1) is 7.63. The summed E-state index contributed by atoms with van der Waals surface area (Å²) in [6.07, 6.45) is 11.2. The van der Waals surface area contributed by atoms with Crippen LogP contribution in [0, 0.1) is 5.92 Å². The highest BCUT2D eigenvalue weighted by molar-refractivity contribution is 5.63. The zero-order chi connectivity index (χ0) is 12.2. The lowest BCUT2D eigenvalue weighted by atomic mass is 10.0. The first-order valence-electron chi connectivity index (χ1n) is 6.82. The van der Waals surface area contributed by atoms with Crippen molar-refractivity contribution in [2.24, 2.45) is 5.92 Å². The summed E-state index contributed by atoms with van der Waals surface area (Å²) in [7, 11) is 0. The van der Waals surface area contributed by atoms with Gasteiger partial charge in [-0.3, -0.25) is 0 Å². The molecule has 0 atom stereocenters. The molecule has 0 spiro atoms. The maximum Gasteiger partial charge on any atom is 0.0414 e. The summed E-state index contributed by atoms with van der Waals surface area (Å²) in [6, 6.07) is 0. The van der Waals surface area contributed by atoms with E-state index in [9.17, 15) is 9.90 Å². The fourth-order valence-corrected chi connectivity index (χ4v) is 1.88. The van der Waals surface area contributed by atoms with Crippen LogP contribution in [0.25, 0.3) is 0 Å².